The topological polar surface area (TPSA) is 41.1 Å². The molecule has 1 aromatic rings. The summed E-state index contributed by atoms with van der Waals surface area (Å²) in [6.07, 6.45) is 0.502. The Kier molecular flexibility index (Phi) is 3.69. The van der Waals surface area contributed by atoms with E-state index in [4.69, 9.17) is 23.2 Å². The summed E-state index contributed by atoms with van der Waals surface area (Å²) in [4.78, 5) is 11.4. The molecule has 0 aliphatic carbocycles. The van der Waals surface area contributed by atoms with Gasteiger partial charge in [0.1, 0.15) is 0 Å². The van der Waals surface area contributed by atoms with Gasteiger partial charge >= 0.3 is 0 Å². The predicted molar refractivity (Wildman–Crippen MR) is 64.8 cm³/mol. The molecule has 0 aromatic heterocycles. The van der Waals surface area contributed by atoms with E-state index in [9.17, 15) is 4.79 Å². The third kappa shape index (κ3) is 2.67. The first-order valence-electron chi connectivity index (χ1n) is 5.12. The molecule has 16 heavy (non-hydrogen) atoms. The minimum absolute atomic E-state index is 0.0426. The Morgan fingerprint density at radius 3 is 2.88 bits per heavy atom. The second kappa shape index (κ2) is 5.04. The highest BCUT2D eigenvalue weighted by molar-refractivity contribution is 6.35. The highest BCUT2D eigenvalue weighted by Gasteiger charge is 2.19. The van der Waals surface area contributed by atoms with Crippen molar-refractivity contribution in [3.05, 3.63) is 33.8 Å². The molecule has 1 heterocycles. The van der Waals surface area contributed by atoms with Gasteiger partial charge in [0.05, 0.1) is 6.04 Å². The Morgan fingerprint density at radius 2 is 2.12 bits per heavy atom. The Bertz CT molecular complexity index is 409. The van der Waals surface area contributed by atoms with Crippen molar-refractivity contribution in [2.45, 2.75) is 12.5 Å². The normalized spacial score (nSPS) is 21.4. The van der Waals surface area contributed by atoms with Crippen LogP contribution in [0.3, 0.4) is 0 Å². The Hall–Kier alpha value is -0.770. The van der Waals surface area contributed by atoms with Crippen molar-refractivity contribution in [1.29, 1.82) is 0 Å². The van der Waals surface area contributed by atoms with E-state index >= 15 is 0 Å². The van der Waals surface area contributed by atoms with E-state index < -0.39 is 0 Å². The van der Waals surface area contributed by atoms with Crippen molar-refractivity contribution in [3.63, 3.8) is 0 Å². The fourth-order valence-electron chi connectivity index (χ4n) is 1.74. The van der Waals surface area contributed by atoms with Gasteiger partial charge in [-0.25, -0.2) is 0 Å². The van der Waals surface area contributed by atoms with Crippen LogP contribution in [0, 0.1) is 0 Å². The van der Waals surface area contributed by atoms with Crippen LogP contribution in [-0.2, 0) is 4.79 Å². The van der Waals surface area contributed by atoms with Crippen LogP contribution in [0.4, 0.5) is 0 Å². The van der Waals surface area contributed by atoms with Gasteiger partial charge in [-0.1, -0.05) is 29.3 Å². The summed E-state index contributed by atoms with van der Waals surface area (Å²) in [5.41, 5.74) is 0.897. The van der Waals surface area contributed by atoms with Gasteiger partial charge in [0.25, 0.3) is 0 Å². The summed E-state index contributed by atoms with van der Waals surface area (Å²) in [6, 6.07) is 5.23. The molecule has 1 aliphatic rings. The Labute approximate surface area is 104 Å². The molecule has 1 unspecified atom stereocenters. The molecule has 0 radical (unpaired) electrons. The number of amides is 1. The second-order valence-corrected chi connectivity index (χ2v) is 4.58. The zero-order chi connectivity index (χ0) is 11.5. The molecular weight excluding hydrogens is 247 g/mol. The van der Waals surface area contributed by atoms with Crippen LogP contribution in [0.5, 0.6) is 0 Å². The van der Waals surface area contributed by atoms with Crippen molar-refractivity contribution in [3.8, 4) is 0 Å². The van der Waals surface area contributed by atoms with E-state index in [0.717, 1.165) is 5.56 Å². The fraction of sp³-hybridized carbons (Fsp3) is 0.364. The van der Waals surface area contributed by atoms with E-state index in [1.54, 1.807) is 12.1 Å². The van der Waals surface area contributed by atoms with Crippen LogP contribution in [-0.4, -0.2) is 19.0 Å². The first-order valence-corrected chi connectivity index (χ1v) is 5.87. The zero-order valence-corrected chi connectivity index (χ0v) is 10.1. The first-order chi connectivity index (χ1) is 7.66. The molecular formula is C11H12Cl2N2O. The van der Waals surface area contributed by atoms with Gasteiger partial charge in [-0.2, -0.15) is 0 Å². The first kappa shape index (κ1) is 11.7. The highest BCUT2D eigenvalue weighted by Crippen LogP contribution is 2.26. The average molecular weight is 259 g/mol. The lowest BCUT2D eigenvalue weighted by Crippen LogP contribution is -2.30. The Balaban J connectivity index is 2.24. The summed E-state index contributed by atoms with van der Waals surface area (Å²) < 4.78 is 0. The second-order valence-electron chi connectivity index (χ2n) is 3.74. The van der Waals surface area contributed by atoms with Crippen LogP contribution in [0.15, 0.2) is 18.2 Å². The lowest BCUT2D eigenvalue weighted by molar-refractivity contribution is -0.121. The van der Waals surface area contributed by atoms with Gasteiger partial charge < -0.3 is 10.6 Å². The smallest absolute Gasteiger partial charge is 0.221 e. The number of carbonyl (C=O) groups is 1. The predicted octanol–water partition coefficient (Wildman–Crippen LogP) is 2.14. The third-order valence-corrected chi connectivity index (χ3v) is 3.11. The molecule has 1 aromatic carbocycles. The van der Waals surface area contributed by atoms with Gasteiger partial charge in [0.15, 0.2) is 0 Å². The van der Waals surface area contributed by atoms with Crippen LogP contribution in [0.1, 0.15) is 18.0 Å². The maximum absolute atomic E-state index is 11.4. The molecule has 86 valence electrons. The van der Waals surface area contributed by atoms with Gasteiger partial charge in [0, 0.05) is 29.6 Å². The van der Waals surface area contributed by atoms with Crippen LogP contribution in [0.25, 0.3) is 0 Å². The number of nitrogens with one attached hydrogen (secondary N) is 2. The maximum Gasteiger partial charge on any atom is 0.221 e. The number of benzene rings is 1. The van der Waals surface area contributed by atoms with Crippen LogP contribution >= 0.6 is 23.2 Å². The number of hydrogen-bond acceptors (Lipinski definition) is 2. The molecule has 0 saturated carbocycles. The molecule has 1 fully saturated rings. The molecule has 1 saturated heterocycles. The monoisotopic (exact) mass is 258 g/mol. The molecule has 1 atom stereocenters. The lowest BCUT2D eigenvalue weighted by atomic mass is 10.1. The summed E-state index contributed by atoms with van der Waals surface area (Å²) in [6.45, 7) is 1.39. The van der Waals surface area contributed by atoms with Crippen molar-refractivity contribution >= 4 is 29.1 Å². The minimum atomic E-state index is -0.0835. The molecule has 0 spiro atoms. The maximum atomic E-state index is 11.4. The van der Waals surface area contributed by atoms with Gasteiger partial charge in [-0.05, 0) is 17.7 Å². The number of hydrogen-bond donors (Lipinski definition) is 2. The molecule has 3 nitrogen and oxygen atoms in total. The van der Waals surface area contributed by atoms with E-state index in [1.807, 2.05) is 6.07 Å². The van der Waals surface area contributed by atoms with E-state index in [-0.39, 0.29) is 11.9 Å². The number of halogens is 2. The molecule has 1 aliphatic heterocycles. The van der Waals surface area contributed by atoms with Gasteiger partial charge in [-0.15, -0.1) is 0 Å². The quantitative estimate of drug-likeness (QED) is 0.811. The van der Waals surface area contributed by atoms with Crippen molar-refractivity contribution < 1.29 is 4.79 Å². The lowest BCUT2D eigenvalue weighted by Gasteiger charge is -2.17. The average Bonchev–Trinajstić information content (AvgIpc) is 2.43. The highest BCUT2D eigenvalue weighted by atomic mass is 35.5. The largest absolute Gasteiger partial charge is 0.348 e. The zero-order valence-electron chi connectivity index (χ0n) is 8.59. The molecule has 0 bridgehead atoms. The summed E-state index contributed by atoms with van der Waals surface area (Å²) in [5.74, 6) is 0.0426. The van der Waals surface area contributed by atoms with Crippen LogP contribution < -0.4 is 10.6 Å². The molecule has 5 heteroatoms. The third-order valence-electron chi connectivity index (χ3n) is 2.55. The van der Waals surface area contributed by atoms with Crippen molar-refractivity contribution in [2.24, 2.45) is 0 Å². The van der Waals surface area contributed by atoms with Gasteiger partial charge in [-0.3, -0.25) is 4.79 Å². The summed E-state index contributed by atoms with van der Waals surface area (Å²) in [7, 11) is 0. The van der Waals surface area contributed by atoms with E-state index in [0.29, 0.717) is 29.6 Å². The number of rotatable bonds is 1. The molecule has 2 N–H and O–H groups in total. The standard InChI is InChI=1S/C11H12Cl2N2O/c12-7-1-2-8(9(13)5-7)10-6-14-4-3-11(16)15-10/h1-2,5,10,14H,3-4,6H2,(H,15,16). The van der Waals surface area contributed by atoms with Crippen LogP contribution in [0.2, 0.25) is 10.0 Å². The number of carbonyl (C=O) groups excluding carboxylic acids is 1. The minimum Gasteiger partial charge on any atom is -0.348 e. The molecule has 1 amide bonds. The fourth-order valence-corrected chi connectivity index (χ4v) is 2.28. The van der Waals surface area contributed by atoms with Gasteiger partial charge in [0.2, 0.25) is 5.91 Å². The van der Waals surface area contributed by atoms with E-state index in [1.165, 1.54) is 0 Å². The SMILES string of the molecule is O=C1CCNCC(c2ccc(Cl)cc2Cl)N1. The summed E-state index contributed by atoms with van der Waals surface area (Å²) >= 11 is 11.9. The van der Waals surface area contributed by atoms with E-state index in [2.05, 4.69) is 10.6 Å². The summed E-state index contributed by atoms with van der Waals surface area (Å²) in [5, 5.41) is 7.30. The molecule has 2 rings (SSSR count). The Morgan fingerprint density at radius 1 is 1.31 bits per heavy atom. The van der Waals surface area contributed by atoms with Crippen molar-refractivity contribution in [1.82, 2.24) is 10.6 Å². The van der Waals surface area contributed by atoms with Crippen molar-refractivity contribution in [2.75, 3.05) is 13.1 Å².